The Balaban J connectivity index is 2.11. The summed E-state index contributed by atoms with van der Waals surface area (Å²) in [5.74, 6) is 0.958. The summed E-state index contributed by atoms with van der Waals surface area (Å²) in [6, 6.07) is 17.4. The van der Waals surface area contributed by atoms with Gasteiger partial charge in [0.25, 0.3) is 0 Å². The van der Waals surface area contributed by atoms with Crippen molar-refractivity contribution in [1.82, 2.24) is 0 Å². The molecule has 0 aliphatic heterocycles. The first-order valence-electron chi connectivity index (χ1n) is 10.9. The molecule has 0 spiro atoms. The first-order chi connectivity index (χ1) is 14.7. The molecule has 3 heteroatoms. The van der Waals surface area contributed by atoms with Crippen LogP contribution in [-0.4, -0.2) is 19.9 Å². The van der Waals surface area contributed by atoms with Crippen LogP contribution in [0.3, 0.4) is 0 Å². The van der Waals surface area contributed by atoms with E-state index in [-0.39, 0.29) is 0 Å². The SMILES string of the molecule is Cc1cc(C)c(N=C(Cc2ccccc2N(C)C)Nc2c(C)cc(C)cc2C)c(C)c1. The van der Waals surface area contributed by atoms with Gasteiger partial charge in [-0.25, -0.2) is 4.99 Å². The van der Waals surface area contributed by atoms with Gasteiger partial charge >= 0.3 is 0 Å². The van der Waals surface area contributed by atoms with Crippen LogP contribution >= 0.6 is 0 Å². The second kappa shape index (κ2) is 9.38. The Hall–Kier alpha value is -3.07. The van der Waals surface area contributed by atoms with Crippen molar-refractivity contribution < 1.29 is 0 Å². The molecule has 0 fully saturated rings. The molecule has 1 N–H and O–H groups in total. The average molecular weight is 414 g/mol. The molecular weight excluding hydrogens is 378 g/mol. The Bertz CT molecular complexity index is 1080. The van der Waals surface area contributed by atoms with Gasteiger partial charge in [-0.15, -0.1) is 0 Å². The lowest BCUT2D eigenvalue weighted by atomic mass is 10.0. The Morgan fingerprint density at radius 1 is 0.774 bits per heavy atom. The zero-order chi connectivity index (χ0) is 22.7. The molecule has 0 saturated heterocycles. The maximum Gasteiger partial charge on any atom is 0.111 e. The number of anilines is 2. The van der Waals surface area contributed by atoms with E-state index in [0.29, 0.717) is 0 Å². The molecule has 0 bridgehead atoms. The number of aliphatic imine (C=N–C) groups is 1. The number of amidine groups is 1. The Kier molecular flexibility index (Phi) is 6.84. The molecule has 0 saturated carbocycles. The number of para-hydroxylation sites is 1. The maximum absolute atomic E-state index is 5.18. The summed E-state index contributed by atoms with van der Waals surface area (Å²) in [7, 11) is 4.18. The number of nitrogens with zero attached hydrogens (tertiary/aromatic N) is 2. The van der Waals surface area contributed by atoms with E-state index in [1.165, 1.54) is 44.6 Å². The smallest absolute Gasteiger partial charge is 0.111 e. The number of rotatable bonds is 5. The molecule has 0 radical (unpaired) electrons. The van der Waals surface area contributed by atoms with Crippen LogP contribution in [0.1, 0.15) is 38.9 Å². The van der Waals surface area contributed by atoms with Gasteiger partial charge in [-0.2, -0.15) is 0 Å². The van der Waals surface area contributed by atoms with Crippen LogP contribution in [0.2, 0.25) is 0 Å². The summed E-state index contributed by atoms with van der Waals surface area (Å²) < 4.78 is 0. The van der Waals surface area contributed by atoms with Crippen molar-refractivity contribution >= 4 is 22.9 Å². The average Bonchev–Trinajstić information content (AvgIpc) is 2.67. The zero-order valence-electron chi connectivity index (χ0n) is 20.2. The quantitative estimate of drug-likeness (QED) is 0.361. The molecule has 3 rings (SSSR count). The van der Waals surface area contributed by atoms with Crippen LogP contribution in [0.4, 0.5) is 17.1 Å². The van der Waals surface area contributed by atoms with Gasteiger partial charge in [0.05, 0.1) is 5.69 Å². The number of aryl methyl sites for hydroxylation is 6. The molecular formula is C28H35N3. The molecule has 0 unspecified atom stereocenters. The van der Waals surface area contributed by atoms with E-state index in [0.717, 1.165) is 23.6 Å². The third kappa shape index (κ3) is 5.35. The molecule has 0 atom stereocenters. The third-order valence-corrected chi connectivity index (χ3v) is 5.66. The molecule has 0 aromatic heterocycles. The van der Waals surface area contributed by atoms with Gasteiger partial charge in [0.15, 0.2) is 0 Å². The number of hydrogen-bond donors (Lipinski definition) is 1. The Morgan fingerprint density at radius 3 is 1.84 bits per heavy atom. The maximum atomic E-state index is 5.18. The van der Waals surface area contributed by atoms with Gasteiger partial charge in [0.2, 0.25) is 0 Å². The second-order valence-corrected chi connectivity index (χ2v) is 8.90. The Labute approximate surface area is 187 Å². The Morgan fingerprint density at radius 2 is 1.29 bits per heavy atom. The summed E-state index contributed by atoms with van der Waals surface area (Å²) in [5, 5.41) is 3.71. The molecule has 3 aromatic carbocycles. The van der Waals surface area contributed by atoms with Crippen molar-refractivity contribution in [2.24, 2.45) is 4.99 Å². The molecule has 162 valence electrons. The number of nitrogens with one attached hydrogen (secondary N) is 1. The molecule has 0 aliphatic rings. The highest BCUT2D eigenvalue weighted by atomic mass is 15.1. The van der Waals surface area contributed by atoms with Crippen LogP contribution in [-0.2, 0) is 6.42 Å². The van der Waals surface area contributed by atoms with E-state index in [4.69, 9.17) is 4.99 Å². The largest absolute Gasteiger partial charge is 0.377 e. The summed E-state index contributed by atoms with van der Waals surface area (Å²) in [6.45, 7) is 12.9. The fourth-order valence-corrected chi connectivity index (χ4v) is 4.39. The highest BCUT2D eigenvalue weighted by Crippen LogP contribution is 2.28. The van der Waals surface area contributed by atoms with Gasteiger partial charge in [0, 0.05) is 31.9 Å². The second-order valence-electron chi connectivity index (χ2n) is 8.90. The van der Waals surface area contributed by atoms with E-state index in [1.54, 1.807) is 0 Å². The van der Waals surface area contributed by atoms with Crippen LogP contribution in [0.5, 0.6) is 0 Å². The summed E-state index contributed by atoms with van der Waals surface area (Å²) >= 11 is 0. The van der Waals surface area contributed by atoms with Crippen molar-refractivity contribution in [3.63, 3.8) is 0 Å². The van der Waals surface area contributed by atoms with Gasteiger partial charge < -0.3 is 10.2 Å². The van der Waals surface area contributed by atoms with E-state index in [2.05, 4.69) is 114 Å². The molecule has 31 heavy (non-hydrogen) atoms. The van der Waals surface area contributed by atoms with Crippen molar-refractivity contribution in [3.05, 3.63) is 87.5 Å². The number of hydrogen-bond acceptors (Lipinski definition) is 2. The normalized spacial score (nSPS) is 11.5. The third-order valence-electron chi connectivity index (χ3n) is 5.66. The van der Waals surface area contributed by atoms with E-state index in [1.807, 2.05) is 0 Å². The summed E-state index contributed by atoms with van der Waals surface area (Å²) in [5.41, 5.74) is 12.1. The van der Waals surface area contributed by atoms with Gasteiger partial charge in [0.1, 0.15) is 5.84 Å². The zero-order valence-corrected chi connectivity index (χ0v) is 20.2. The highest BCUT2D eigenvalue weighted by Gasteiger charge is 2.13. The highest BCUT2D eigenvalue weighted by molar-refractivity contribution is 6.00. The van der Waals surface area contributed by atoms with Crippen LogP contribution in [0, 0.1) is 41.5 Å². The first-order valence-corrected chi connectivity index (χ1v) is 10.9. The molecule has 3 nitrogen and oxygen atoms in total. The minimum Gasteiger partial charge on any atom is -0.377 e. The van der Waals surface area contributed by atoms with E-state index in [9.17, 15) is 0 Å². The lowest BCUT2D eigenvalue weighted by molar-refractivity contribution is 1.10. The molecule has 0 amide bonds. The van der Waals surface area contributed by atoms with Crippen LogP contribution < -0.4 is 10.2 Å². The predicted octanol–water partition coefficient (Wildman–Crippen LogP) is 6.99. The lowest BCUT2D eigenvalue weighted by Gasteiger charge is -2.20. The van der Waals surface area contributed by atoms with Gasteiger partial charge in [-0.1, -0.05) is 53.6 Å². The minimum absolute atomic E-state index is 0.730. The standard InChI is InChI=1S/C28H35N3/c1-18-13-20(3)27(21(4)14-18)29-26(17-24-11-9-10-12-25(24)31(7)8)30-28-22(5)15-19(2)16-23(28)6/h9-16H,17H2,1-8H3,(H,29,30). The van der Waals surface area contributed by atoms with E-state index < -0.39 is 0 Å². The van der Waals surface area contributed by atoms with Crippen LogP contribution in [0.15, 0.2) is 53.5 Å². The summed E-state index contributed by atoms with van der Waals surface area (Å²) in [4.78, 5) is 7.35. The first kappa shape index (κ1) is 22.6. The number of benzene rings is 3. The van der Waals surface area contributed by atoms with Crippen molar-refractivity contribution in [3.8, 4) is 0 Å². The fourth-order valence-electron chi connectivity index (χ4n) is 4.39. The van der Waals surface area contributed by atoms with Gasteiger partial charge in [-0.3, -0.25) is 0 Å². The van der Waals surface area contributed by atoms with E-state index >= 15 is 0 Å². The lowest BCUT2D eigenvalue weighted by Crippen LogP contribution is -2.19. The molecule has 0 aliphatic carbocycles. The fraction of sp³-hybridized carbons (Fsp3) is 0.321. The van der Waals surface area contributed by atoms with Crippen LogP contribution in [0.25, 0.3) is 0 Å². The topological polar surface area (TPSA) is 27.6 Å². The predicted molar refractivity (Wildman–Crippen MR) is 136 cm³/mol. The molecule has 0 heterocycles. The molecule has 3 aromatic rings. The minimum atomic E-state index is 0.730. The van der Waals surface area contributed by atoms with Crippen molar-refractivity contribution in [2.45, 2.75) is 48.0 Å². The van der Waals surface area contributed by atoms with Crippen molar-refractivity contribution in [2.75, 3.05) is 24.3 Å². The monoisotopic (exact) mass is 413 g/mol. The summed E-state index contributed by atoms with van der Waals surface area (Å²) in [6.07, 6.45) is 0.730. The van der Waals surface area contributed by atoms with Gasteiger partial charge in [-0.05, 0) is 75.4 Å². The van der Waals surface area contributed by atoms with Crippen molar-refractivity contribution in [1.29, 1.82) is 0 Å².